The van der Waals surface area contributed by atoms with Gasteiger partial charge in [0.15, 0.2) is 0 Å². The van der Waals surface area contributed by atoms with E-state index in [-0.39, 0.29) is 18.5 Å². The summed E-state index contributed by atoms with van der Waals surface area (Å²) in [7, 11) is 0. The van der Waals surface area contributed by atoms with E-state index in [2.05, 4.69) is 19.2 Å². The number of hydrogen-bond acceptors (Lipinski definition) is 5. The number of ether oxygens (including phenoxy) is 1. The smallest absolute Gasteiger partial charge is 0.305 e. The zero-order valence-corrected chi connectivity index (χ0v) is 53.9. The van der Waals surface area contributed by atoms with Gasteiger partial charge in [-0.25, -0.2) is 0 Å². The molecule has 0 aromatic heterocycles. The van der Waals surface area contributed by atoms with Crippen molar-refractivity contribution < 1.29 is 24.5 Å². The topological polar surface area (TPSA) is 95.9 Å². The van der Waals surface area contributed by atoms with Crippen molar-refractivity contribution in [3.8, 4) is 0 Å². The van der Waals surface area contributed by atoms with Gasteiger partial charge in [-0.2, -0.15) is 0 Å². The lowest BCUT2D eigenvalue weighted by Crippen LogP contribution is -2.45. The van der Waals surface area contributed by atoms with Crippen LogP contribution in [0.2, 0.25) is 0 Å². The molecule has 0 rings (SSSR count). The van der Waals surface area contributed by atoms with E-state index in [4.69, 9.17) is 4.74 Å². The zero-order valence-electron chi connectivity index (χ0n) is 53.9. The van der Waals surface area contributed by atoms with Gasteiger partial charge in [-0.15, -0.1) is 0 Å². The molecule has 0 aromatic carbocycles. The van der Waals surface area contributed by atoms with E-state index in [0.717, 1.165) is 38.5 Å². The number of allylic oxidation sites excluding steroid dienone is 1. The lowest BCUT2D eigenvalue weighted by molar-refractivity contribution is -0.143. The fraction of sp³-hybridized carbons (Fsp3) is 0.945. The fourth-order valence-electron chi connectivity index (χ4n) is 11.8. The second-order valence-electron chi connectivity index (χ2n) is 25.3. The molecule has 0 saturated carbocycles. The Labute approximate surface area is 495 Å². The molecule has 79 heavy (non-hydrogen) atoms. The third kappa shape index (κ3) is 65.6. The Kier molecular flexibility index (Phi) is 67.9. The highest BCUT2D eigenvalue weighted by Crippen LogP contribution is 2.20. The Morgan fingerprint density at radius 3 is 0.861 bits per heavy atom. The average molecular weight is 1110 g/mol. The van der Waals surface area contributed by atoms with E-state index < -0.39 is 12.1 Å². The Bertz CT molecular complexity index is 1190. The van der Waals surface area contributed by atoms with Gasteiger partial charge in [0.2, 0.25) is 5.91 Å². The van der Waals surface area contributed by atoms with Crippen molar-refractivity contribution >= 4 is 11.9 Å². The Hall–Kier alpha value is -1.40. The van der Waals surface area contributed by atoms with Gasteiger partial charge in [0.05, 0.1) is 25.4 Å². The summed E-state index contributed by atoms with van der Waals surface area (Å²) in [5.74, 6) is -0.0357. The molecular formula is C73H143NO5. The van der Waals surface area contributed by atoms with Crippen molar-refractivity contribution in [3.63, 3.8) is 0 Å². The normalized spacial score (nSPS) is 12.5. The SMILES string of the molecule is CCCCCCCCC/C=C/C(O)C(CO)NC(=O)CCCCCCCCCCCCCCCCCCCCCCCCCCCCCCCCCCCCCCCCCOC(=O)CCCCCCCCCCCCCCCC. The molecule has 0 radical (unpaired) electrons. The molecule has 0 bridgehead atoms. The van der Waals surface area contributed by atoms with Crippen molar-refractivity contribution in [2.45, 2.75) is 431 Å². The summed E-state index contributed by atoms with van der Waals surface area (Å²) in [6.45, 7) is 4.92. The van der Waals surface area contributed by atoms with Crippen LogP contribution in [0.5, 0.6) is 0 Å². The number of aliphatic hydroxyl groups excluding tert-OH is 2. The highest BCUT2D eigenvalue weighted by Gasteiger charge is 2.18. The van der Waals surface area contributed by atoms with Crippen LogP contribution in [0.15, 0.2) is 12.2 Å². The Morgan fingerprint density at radius 1 is 0.342 bits per heavy atom. The van der Waals surface area contributed by atoms with Crippen LogP contribution >= 0.6 is 0 Å². The number of hydrogen-bond donors (Lipinski definition) is 3. The number of esters is 1. The molecule has 6 heteroatoms. The van der Waals surface area contributed by atoms with Gasteiger partial charge in [0.1, 0.15) is 0 Å². The summed E-state index contributed by atoms with van der Waals surface area (Å²) in [6, 6.07) is -0.620. The molecule has 3 N–H and O–H groups in total. The number of aliphatic hydroxyl groups is 2. The van der Waals surface area contributed by atoms with E-state index in [9.17, 15) is 19.8 Å². The summed E-state index contributed by atoms with van der Waals surface area (Å²) in [6.07, 6.45) is 86.3. The van der Waals surface area contributed by atoms with Crippen LogP contribution in [0.25, 0.3) is 0 Å². The quantitative estimate of drug-likeness (QED) is 0.0320. The first-order chi connectivity index (χ1) is 39.0. The van der Waals surface area contributed by atoms with Crippen LogP contribution in [0.3, 0.4) is 0 Å². The molecule has 0 spiro atoms. The summed E-state index contributed by atoms with van der Waals surface area (Å²) in [5.41, 5.74) is 0. The summed E-state index contributed by atoms with van der Waals surface area (Å²) >= 11 is 0. The standard InChI is InChI=1S/C73H143NO5/c1-3-5-7-9-11-13-14-15-44-47-51-55-59-63-67-73(78)79-68-64-60-56-52-48-45-42-40-38-36-34-32-30-28-26-24-22-20-18-16-17-19-21-23-25-27-29-31-33-35-37-39-41-43-46-50-54-58-62-66-72(77)74-70(69-75)71(76)65-61-57-53-49-12-10-8-6-4-2/h61,65,70-71,75-76H,3-60,62-64,66-69H2,1-2H3,(H,74,77)/b65-61+. The first-order valence-electron chi connectivity index (χ1n) is 36.5. The predicted molar refractivity (Wildman–Crippen MR) is 347 cm³/mol. The monoisotopic (exact) mass is 1110 g/mol. The number of carbonyl (C=O) groups is 2. The highest BCUT2D eigenvalue weighted by atomic mass is 16.5. The van der Waals surface area contributed by atoms with E-state index in [1.165, 1.54) is 353 Å². The third-order valence-electron chi connectivity index (χ3n) is 17.3. The van der Waals surface area contributed by atoms with Gasteiger partial charge in [-0.3, -0.25) is 9.59 Å². The second kappa shape index (κ2) is 69.1. The molecule has 2 atom stereocenters. The molecule has 0 aliphatic rings. The molecule has 0 fully saturated rings. The van der Waals surface area contributed by atoms with Crippen molar-refractivity contribution in [1.82, 2.24) is 5.32 Å². The van der Waals surface area contributed by atoms with Gasteiger partial charge in [0.25, 0.3) is 0 Å². The van der Waals surface area contributed by atoms with E-state index >= 15 is 0 Å². The van der Waals surface area contributed by atoms with Crippen molar-refractivity contribution in [3.05, 3.63) is 12.2 Å². The van der Waals surface area contributed by atoms with Crippen LogP contribution < -0.4 is 5.32 Å². The number of rotatable bonds is 69. The van der Waals surface area contributed by atoms with E-state index in [1.807, 2.05) is 6.08 Å². The van der Waals surface area contributed by atoms with Gasteiger partial charge in [0, 0.05) is 12.8 Å². The third-order valence-corrected chi connectivity index (χ3v) is 17.3. The van der Waals surface area contributed by atoms with Crippen molar-refractivity contribution in [2.75, 3.05) is 13.2 Å². The zero-order chi connectivity index (χ0) is 57.1. The molecular weight excluding hydrogens is 971 g/mol. The molecule has 1 amide bonds. The largest absolute Gasteiger partial charge is 0.466 e. The highest BCUT2D eigenvalue weighted by molar-refractivity contribution is 5.76. The Morgan fingerprint density at radius 2 is 0.582 bits per heavy atom. The molecule has 0 aliphatic heterocycles. The minimum Gasteiger partial charge on any atom is -0.466 e. The molecule has 470 valence electrons. The number of nitrogens with one attached hydrogen (secondary N) is 1. The first-order valence-corrected chi connectivity index (χ1v) is 36.5. The molecule has 6 nitrogen and oxygen atoms in total. The molecule has 0 aromatic rings. The number of unbranched alkanes of at least 4 members (excludes halogenated alkanes) is 58. The van der Waals surface area contributed by atoms with Gasteiger partial charge < -0.3 is 20.3 Å². The lowest BCUT2D eigenvalue weighted by Gasteiger charge is -2.20. The number of amides is 1. The minimum absolute atomic E-state index is 0.0269. The summed E-state index contributed by atoms with van der Waals surface area (Å²) in [4.78, 5) is 24.5. The van der Waals surface area contributed by atoms with Crippen LogP contribution in [0.1, 0.15) is 418 Å². The van der Waals surface area contributed by atoms with Crippen LogP contribution in [-0.2, 0) is 14.3 Å². The maximum atomic E-state index is 12.4. The van der Waals surface area contributed by atoms with Crippen LogP contribution in [0, 0.1) is 0 Å². The first kappa shape index (κ1) is 77.6. The van der Waals surface area contributed by atoms with Crippen molar-refractivity contribution in [2.24, 2.45) is 0 Å². The maximum absolute atomic E-state index is 12.4. The maximum Gasteiger partial charge on any atom is 0.305 e. The van der Waals surface area contributed by atoms with E-state index in [0.29, 0.717) is 19.4 Å². The van der Waals surface area contributed by atoms with Gasteiger partial charge in [-0.1, -0.05) is 386 Å². The van der Waals surface area contributed by atoms with Gasteiger partial charge >= 0.3 is 5.97 Å². The lowest BCUT2D eigenvalue weighted by atomic mass is 10.0. The van der Waals surface area contributed by atoms with Crippen LogP contribution in [0.4, 0.5) is 0 Å². The molecule has 0 aliphatic carbocycles. The second-order valence-corrected chi connectivity index (χ2v) is 25.3. The predicted octanol–water partition coefficient (Wildman–Crippen LogP) is 23.5. The minimum atomic E-state index is -0.837. The average Bonchev–Trinajstić information content (AvgIpc) is 3.45. The molecule has 0 saturated heterocycles. The van der Waals surface area contributed by atoms with Crippen LogP contribution in [-0.4, -0.2) is 47.4 Å². The summed E-state index contributed by atoms with van der Waals surface area (Å²) < 4.78 is 5.50. The summed E-state index contributed by atoms with van der Waals surface area (Å²) in [5, 5.41) is 23.0. The molecule has 0 heterocycles. The molecule has 2 unspecified atom stereocenters. The van der Waals surface area contributed by atoms with Gasteiger partial charge in [-0.05, 0) is 32.1 Å². The number of carbonyl (C=O) groups excluding carboxylic acids is 2. The van der Waals surface area contributed by atoms with E-state index in [1.54, 1.807) is 6.08 Å². The fourth-order valence-corrected chi connectivity index (χ4v) is 11.8. The Balaban J connectivity index is 3.25. The van der Waals surface area contributed by atoms with Crippen molar-refractivity contribution in [1.29, 1.82) is 0 Å².